The number of fused-ring (bicyclic) bond motifs is 6. The van der Waals surface area contributed by atoms with Crippen molar-refractivity contribution in [1.29, 1.82) is 0 Å². The number of carboxylic acids is 1. The highest BCUT2D eigenvalue weighted by molar-refractivity contribution is 5.86. The number of aliphatic carboxylic acids is 1. The van der Waals surface area contributed by atoms with E-state index in [-0.39, 0.29) is 41.1 Å². The Kier molecular flexibility index (Phi) is 3.52. The Hall–Kier alpha value is -2.11. The maximum atomic E-state index is 13.3. The fraction of sp³-hybridized carbons (Fsp3) is 0.650. The smallest absolute Gasteiger partial charge is 0.307 e. The third-order valence-corrected chi connectivity index (χ3v) is 7.28. The number of pyridine rings is 1. The first-order valence-electron chi connectivity index (χ1n) is 9.74. The quantitative estimate of drug-likeness (QED) is 0.872. The number of likely N-dealkylation sites (tertiary alicyclic amines) is 1. The van der Waals surface area contributed by atoms with Crippen LogP contribution in [0.25, 0.3) is 0 Å². The van der Waals surface area contributed by atoms with Crippen LogP contribution in [0.15, 0.2) is 23.0 Å². The lowest BCUT2D eigenvalue weighted by molar-refractivity contribution is -0.154. The molecule has 0 spiro atoms. The lowest BCUT2D eigenvalue weighted by Crippen LogP contribution is -2.52. The Morgan fingerprint density at radius 1 is 1.00 bits per heavy atom. The molecule has 6 nitrogen and oxygen atoms in total. The van der Waals surface area contributed by atoms with Gasteiger partial charge in [0, 0.05) is 37.3 Å². The highest BCUT2D eigenvalue weighted by Gasteiger charge is 2.55. The van der Waals surface area contributed by atoms with Gasteiger partial charge in [-0.25, -0.2) is 0 Å². The summed E-state index contributed by atoms with van der Waals surface area (Å²) in [5.74, 6) is -0.716. The molecule has 1 aromatic rings. The van der Waals surface area contributed by atoms with Crippen LogP contribution in [0, 0.1) is 29.6 Å². The second kappa shape index (κ2) is 5.69. The summed E-state index contributed by atoms with van der Waals surface area (Å²) in [6, 6.07) is 5.39. The highest BCUT2D eigenvalue weighted by atomic mass is 16.4. The molecule has 4 aliphatic rings. The monoisotopic (exact) mass is 356 g/mol. The van der Waals surface area contributed by atoms with Crippen LogP contribution in [0.2, 0.25) is 0 Å². The van der Waals surface area contributed by atoms with Crippen molar-refractivity contribution >= 4 is 11.9 Å². The molecule has 2 aliphatic heterocycles. The van der Waals surface area contributed by atoms with Gasteiger partial charge in [0.05, 0.1) is 11.8 Å². The molecule has 6 heteroatoms. The van der Waals surface area contributed by atoms with Gasteiger partial charge in [0.25, 0.3) is 5.56 Å². The highest BCUT2D eigenvalue weighted by Crippen LogP contribution is 2.53. The molecule has 2 saturated carbocycles. The van der Waals surface area contributed by atoms with Crippen LogP contribution >= 0.6 is 0 Å². The summed E-state index contributed by atoms with van der Waals surface area (Å²) < 4.78 is 1.86. The molecule has 1 amide bonds. The molecule has 0 radical (unpaired) electrons. The topological polar surface area (TPSA) is 79.6 Å². The summed E-state index contributed by atoms with van der Waals surface area (Å²) in [7, 11) is 0. The van der Waals surface area contributed by atoms with Gasteiger partial charge in [0.2, 0.25) is 5.91 Å². The SMILES string of the molecule is O=C(O)C1C2CCC(C2)C1C(=O)N1CC2CC(C1)c1cccc(=O)n1C2. The Bertz CT molecular complexity index is 831. The minimum atomic E-state index is -0.801. The molecular formula is C20H24N2O4. The number of aromatic nitrogens is 1. The first-order chi connectivity index (χ1) is 12.5. The largest absolute Gasteiger partial charge is 0.481 e. The van der Waals surface area contributed by atoms with Gasteiger partial charge in [0.15, 0.2) is 0 Å². The molecule has 5 rings (SSSR count). The summed E-state index contributed by atoms with van der Waals surface area (Å²) in [6.07, 6.45) is 3.84. The molecule has 6 unspecified atom stereocenters. The number of hydrogen-bond donors (Lipinski definition) is 1. The summed E-state index contributed by atoms with van der Waals surface area (Å²) in [4.78, 5) is 39.1. The standard InChI is InChI=1S/C20H24N2O4/c23-16-3-1-2-15-14-6-11(9-22(15)16)8-21(10-14)19(24)17-12-4-5-13(7-12)18(17)20(25)26/h1-3,11-14,17-18H,4-10H2,(H,25,26). The van der Waals surface area contributed by atoms with Crippen molar-refractivity contribution in [1.82, 2.24) is 9.47 Å². The molecule has 0 aromatic carbocycles. The van der Waals surface area contributed by atoms with Crippen molar-refractivity contribution in [2.75, 3.05) is 13.1 Å². The van der Waals surface area contributed by atoms with Gasteiger partial charge in [-0.2, -0.15) is 0 Å². The minimum Gasteiger partial charge on any atom is -0.481 e. The lowest BCUT2D eigenvalue weighted by Gasteiger charge is -2.44. The molecule has 1 N–H and O–H groups in total. The summed E-state index contributed by atoms with van der Waals surface area (Å²) in [5.41, 5.74) is 1.06. The summed E-state index contributed by atoms with van der Waals surface area (Å²) in [5, 5.41) is 9.67. The molecule has 1 saturated heterocycles. The zero-order valence-corrected chi connectivity index (χ0v) is 14.7. The third kappa shape index (κ3) is 2.27. The van der Waals surface area contributed by atoms with Gasteiger partial charge >= 0.3 is 5.97 Å². The van der Waals surface area contributed by atoms with E-state index in [0.717, 1.165) is 31.4 Å². The Balaban J connectivity index is 1.41. The maximum Gasteiger partial charge on any atom is 0.307 e. The van der Waals surface area contributed by atoms with Gasteiger partial charge in [-0.1, -0.05) is 6.07 Å². The molecule has 2 aliphatic carbocycles. The number of piperidine rings is 1. The zero-order valence-electron chi connectivity index (χ0n) is 14.7. The molecule has 138 valence electrons. The van der Waals surface area contributed by atoms with Crippen LogP contribution in [-0.2, 0) is 16.1 Å². The van der Waals surface area contributed by atoms with Crippen molar-refractivity contribution in [3.8, 4) is 0 Å². The Labute approximate surface area is 151 Å². The fourth-order valence-electron chi connectivity index (χ4n) is 6.29. The fourth-order valence-corrected chi connectivity index (χ4v) is 6.29. The molecule has 26 heavy (non-hydrogen) atoms. The normalized spacial score (nSPS) is 37.5. The molecular weight excluding hydrogens is 332 g/mol. The van der Waals surface area contributed by atoms with E-state index in [2.05, 4.69) is 0 Å². The van der Waals surface area contributed by atoms with Gasteiger partial charge in [-0.3, -0.25) is 14.4 Å². The van der Waals surface area contributed by atoms with E-state index >= 15 is 0 Å². The van der Waals surface area contributed by atoms with Crippen LogP contribution in [0.5, 0.6) is 0 Å². The number of rotatable bonds is 2. The molecule has 3 heterocycles. The van der Waals surface area contributed by atoms with Crippen LogP contribution in [0.1, 0.15) is 37.3 Å². The first-order valence-corrected chi connectivity index (χ1v) is 9.74. The minimum absolute atomic E-state index is 0.0380. The van der Waals surface area contributed by atoms with E-state index in [1.165, 1.54) is 0 Å². The first kappa shape index (κ1) is 16.1. The number of carbonyl (C=O) groups excluding carboxylic acids is 1. The predicted molar refractivity (Wildman–Crippen MR) is 93.6 cm³/mol. The van der Waals surface area contributed by atoms with Crippen LogP contribution in [0.3, 0.4) is 0 Å². The summed E-state index contributed by atoms with van der Waals surface area (Å²) in [6.45, 7) is 1.92. The van der Waals surface area contributed by atoms with Gasteiger partial charge in [0.1, 0.15) is 0 Å². The molecule has 3 fully saturated rings. The van der Waals surface area contributed by atoms with Crippen molar-refractivity contribution in [2.24, 2.45) is 29.6 Å². The van der Waals surface area contributed by atoms with Gasteiger partial charge in [-0.15, -0.1) is 0 Å². The third-order valence-electron chi connectivity index (χ3n) is 7.28. The average molecular weight is 356 g/mol. The molecule has 4 bridgehead atoms. The summed E-state index contributed by atoms with van der Waals surface area (Å²) >= 11 is 0. The van der Waals surface area contributed by atoms with E-state index in [9.17, 15) is 19.5 Å². The van der Waals surface area contributed by atoms with Crippen LogP contribution in [-0.4, -0.2) is 39.5 Å². The van der Waals surface area contributed by atoms with Gasteiger partial charge in [-0.05, 0) is 49.5 Å². The Morgan fingerprint density at radius 3 is 2.54 bits per heavy atom. The zero-order chi connectivity index (χ0) is 18.0. The van der Waals surface area contributed by atoms with E-state index in [0.29, 0.717) is 19.6 Å². The van der Waals surface area contributed by atoms with Crippen molar-refractivity contribution < 1.29 is 14.7 Å². The second-order valence-corrected chi connectivity index (χ2v) is 8.66. The van der Waals surface area contributed by atoms with E-state index < -0.39 is 11.9 Å². The van der Waals surface area contributed by atoms with E-state index in [1.54, 1.807) is 12.1 Å². The number of carbonyl (C=O) groups is 2. The number of amides is 1. The average Bonchev–Trinajstić information content (AvgIpc) is 3.23. The van der Waals surface area contributed by atoms with E-state index in [1.807, 2.05) is 15.5 Å². The maximum absolute atomic E-state index is 13.3. The Morgan fingerprint density at radius 2 is 1.77 bits per heavy atom. The molecule has 6 atom stereocenters. The van der Waals surface area contributed by atoms with Gasteiger partial charge < -0.3 is 14.6 Å². The number of hydrogen-bond acceptors (Lipinski definition) is 3. The second-order valence-electron chi connectivity index (χ2n) is 8.66. The van der Waals surface area contributed by atoms with Crippen molar-refractivity contribution in [3.63, 3.8) is 0 Å². The van der Waals surface area contributed by atoms with Crippen LogP contribution < -0.4 is 5.56 Å². The number of carboxylic acid groups (broad SMARTS) is 1. The van der Waals surface area contributed by atoms with E-state index in [4.69, 9.17) is 0 Å². The number of nitrogens with zero attached hydrogens (tertiary/aromatic N) is 2. The van der Waals surface area contributed by atoms with Crippen LogP contribution in [0.4, 0.5) is 0 Å². The van der Waals surface area contributed by atoms with Crippen molar-refractivity contribution in [2.45, 2.75) is 38.1 Å². The lowest BCUT2D eigenvalue weighted by atomic mass is 9.77. The predicted octanol–water partition coefficient (Wildman–Crippen LogP) is 1.54. The molecule has 1 aromatic heterocycles. The van der Waals surface area contributed by atoms with Crippen molar-refractivity contribution in [3.05, 3.63) is 34.2 Å².